The van der Waals surface area contributed by atoms with Crippen molar-refractivity contribution in [1.29, 1.82) is 0 Å². The Morgan fingerprint density at radius 3 is 2.60 bits per heavy atom. The summed E-state index contributed by atoms with van der Waals surface area (Å²) in [7, 11) is 0. The third-order valence-corrected chi connectivity index (χ3v) is 2.18. The van der Waals surface area contributed by atoms with Crippen LogP contribution in [-0.2, 0) is 0 Å². The van der Waals surface area contributed by atoms with Gasteiger partial charge in [-0.2, -0.15) is 0 Å². The summed E-state index contributed by atoms with van der Waals surface area (Å²) in [5.74, 6) is 0.821. The van der Waals surface area contributed by atoms with E-state index in [1.807, 2.05) is 0 Å². The largest absolute Gasteiger partial charge is 0.376 e. The van der Waals surface area contributed by atoms with Crippen LogP contribution in [0.3, 0.4) is 0 Å². The summed E-state index contributed by atoms with van der Waals surface area (Å²) >= 11 is 4.70. The maximum Gasteiger partial charge on any atom is 0.163 e. The molecule has 0 atom stereocenters. The zero-order valence-electron chi connectivity index (χ0n) is 6.10. The van der Waals surface area contributed by atoms with E-state index in [9.17, 15) is 0 Å². The molecule has 0 aliphatic heterocycles. The fraction of sp³-hybridized carbons (Fsp3) is 0.857. The second kappa shape index (κ2) is 3.76. The SMILES string of the molecule is NC(=S)NCC1CCCC1. The fourth-order valence-electron chi connectivity index (χ4n) is 1.46. The summed E-state index contributed by atoms with van der Waals surface area (Å²) < 4.78 is 0. The van der Waals surface area contributed by atoms with Crippen molar-refractivity contribution in [3.63, 3.8) is 0 Å². The van der Waals surface area contributed by atoms with E-state index in [1.165, 1.54) is 25.7 Å². The Kier molecular flexibility index (Phi) is 2.93. The molecule has 0 saturated heterocycles. The van der Waals surface area contributed by atoms with E-state index in [0.717, 1.165) is 12.5 Å². The average molecular weight is 158 g/mol. The molecule has 3 N–H and O–H groups in total. The second-order valence-electron chi connectivity index (χ2n) is 2.90. The molecule has 1 aliphatic rings. The molecule has 0 heterocycles. The fourth-order valence-corrected chi connectivity index (χ4v) is 1.54. The van der Waals surface area contributed by atoms with Crippen molar-refractivity contribution in [1.82, 2.24) is 5.32 Å². The molecule has 1 saturated carbocycles. The first-order chi connectivity index (χ1) is 4.79. The minimum absolute atomic E-state index is 0.437. The summed E-state index contributed by atoms with van der Waals surface area (Å²) in [5, 5.41) is 3.43. The summed E-state index contributed by atoms with van der Waals surface area (Å²) in [4.78, 5) is 0. The van der Waals surface area contributed by atoms with E-state index >= 15 is 0 Å². The van der Waals surface area contributed by atoms with Crippen molar-refractivity contribution in [3.05, 3.63) is 0 Å². The normalized spacial score (nSPS) is 19.2. The average Bonchev–Trinajstić information content (AvgIpc) is 2.34. The predicted octanol–water partition coefficient (Wildman–Crippen LogP) is 1.01. The number of nitrogens with one attached hydrogen (secondary N) is 1. The molecule has 0 bridgehead atoms. The van der Waals surface area contributed by atoms with Gasteiger partial charge >= 0.3 is 0 Å². The van der Waals surface area contributed by atoms with Gasteiger partial charge in [-0.05, 0) is 31.0 Å². The lowest BCUT2D eigenvalue weighted by Crippen LogP contribution is -2.32. The lowest BCUT2D eigenvalue weighted by Gasteiger charge is -2.08. The van der Waals surface area contributed by atoms with Gasteiger partial charge in [0.25, 0.3) is 0 Å². The highest BCUT2D eigenvalue weighted by atomic mass is 32.1. The van der Waals surface area contributed by atoms with Gasteiger partial charge in [-0.25, -0.2) is 0 Å². The smallest absolute Gasteiger partial charge is 0.163 e. The van der Waals surface area contributed by atoms with Crippen LogP contribution < -0.4 is 11.1 Å². The Morgan fingerprint density at radius 2 is 2.10 bits per heavy atom. The Labute approximate surface area is 67.2 Å². The highest BCUT2D eigenvalue weighted by Crippen LogP contribution is 2.23. The predicted molar refractivity (Wildman–Crippen MR) is 46.7 cm³/mol. The van der Waals surface area contributed by atoms with Crippen molar-refractivity contribution in [2.75, 3.05) is 6.54 Å². The molecular weight excluding hydrogens is 144 g/mol. The Hall–Kier alpha value is -0.310. The van der Waals surface area contributed by atoms with Crippen molar-refractivity contribution in [2.45, 2.75) is 25.7 Å². The second-order valence-corrected chi connectivity index (χ2v) is 3.34. The Balaban J connectivity index is 2.07. The molecule has 0 spiro atoms. The monoisotopic (exact) mass is 158 g/mol. The zero-order chi connectivity index (χ0) is 7.40. The van der Waals surface area contributed by atoms with Gasteiger partial charge in [-0.15, -0.1) is 0 Å². The van der Waals surface area contributed by atoms with E-state index in [-0.39, 0.29) is 0 Å². The highest BCUT2D eigenvalue weighted by molar-refractivity contribution is 7.80. The van der Waals surface area contributed by atoms with Crippen LogP contribution in [0.2, 0.25) is 0 Å². The van der Waals surface area contributed by atoms with E-state index in [2.05, 4.69) is 5.32 Å². The van der Waals surface area contributed by atoms with Gasteiger partial charge in [0.15, 0.2) is 5.11 Å². The van der Waals surface area contributed by atoms with Crippen LogP contribution in [0, 0.1) is 5.92 Å². The summed E-state index contributed by atoms with van der Waals surface area (Å²) in [5.41, 5.74) is 5.29. The van der Waals surface area contributed by atoms with Gasteiger partial charge in [-0.3, -0.25) is 0 Å². The maximum absolute atomic E-state index is 5.29. The Bertz CT molecular complexity index is 119. The number of hydrogen-bond acceptors (Lipinski definition) is 1. The first-order valence-corrected chi connectivity index (χ1v) is 4.23. The van der Waals surface area contributed by atoms with Crippen LogP contribution in [0.25, 0.3) is 0 Å². The minimum atomic E-state index is 0.437. The van der Waals surface area contributed by atoms with Crippen LogP contribution in [0.5, 0.6) is 0 Å². The molecule has 0 aromatic carbocycles. The molecule has 3 heteroatoms. The van der Waals surface area contributed by atoms with Gasteiger partial charge < -0.3 is 11.1 Å². The highest BCUT2D eigenvalue weighted by Gasteiger charge is 2.13. The van der Waals surface area contributed by atoms with Crippen LogP contribution in [0.4, 0.5) is 0 Å². The number of hydrogen-bond donors (Lipinski definition) is 2. The molecular formula is C7H14N2S. The van der Waals surface area contributed by atoms with Gasteiger partial charge in [0, 0.05) is 6.54 Å². The van der Waals surface area contributed by atoms with E-state index in [0.29, 0.717) is 5.11 Å². The lowest BCUT2D eigenvalue weighted by atomic mass is 10.1. The van der Waals surface area contributed by atoms with Crippen LogP contribution in [0.15, 0.2) is 0 Å². The first-order valence-electron chi connectivity index (χ1n) is 3.82. The minimum Gasteiger partial charge on any atom is -0.376 e. The van der Waals surface area contributed by atoms with Crippen LogP contribution in [0.1, 0.15) is 25.7 Å². The van der Waals surface area contributed by atoms with Gasteiger partial charge in [0.05, 0.1) is 0 Å². The zero-order valence-corrected chi connectivity index (χ0v) is 6.91. The van der Waals surface area contributed by atoms with Crippen molar-refractivity contribution >= 4 is 17.3 Å². The third kappa shape index (κ3) is 2.52. The van der Waals surface area contributed by atoms with Gasteiger partial charge in [0.2, 0.25) is 0 Å². The quantitative estimate of drug-likeness (QED) is 0.589. The number of nitrogens with two attached hydrogens (primary N) is 1. The van der Waals surface area contributed by atoms with E-state index < -0.39 is 0 Å². The molecule has 10 heavy (non-hydrogen) atoms. The molecule has 1 rings (SSSR count). The summed E-state index contributed by atoms with van der Waals surface area (Å²) in [6.45, 7) is 0.981. The molecule has 1 aliphatic carbocycles. The standard InChI is InChI=1S/C7H14N2S/c8-7(10)9-5-6-3-1-2-4-6/h6H,1-5H2,(H3,8,9,10). The van der Waals surface area contributed by atoms with Gasteiger partial charge in [0.1, 0.15) is 0 Å². The van der Waals surface area contributed by atoms with Crippen molar-refractivity contribution in [3.8, 4) is 0 Å². The van der Waals surface area contributed by atoms with Crippen LogP contribution in [-0.4, -0.2) is 11.7 Å². The van der Waals surface area contributed by atoms with E-state index in [1.54, 1.807) is 0 Å². The van der Waals surface area contributed by atoms with Crippen LogP contribution >= 0.6 is 12.2 Å². The topological polar surface area (TPSA) is 38.0 Å². The third-order valence-electron chi connectivity index (χ3n) is 2.04. The van der Waals surface area contributed by atoms with Crippen molar-refractivity contribution in [2.24, 2.45) is 11.7 Å². The molecule has 0 unspecified atom stereocenters. The lowest BCUT2D eigenvalue weighted by molar-refractivity contribution is 0.536. The Morgan fingerprint density at radius 1 is 1.50 bits per heavy atom. The molecule has 0 amide bonds. The molecule has 0 aromatic heterocycles. The molecule has 1 fully saturated rings. The van der Waals surface area contributed by atoms with Crippen molar-refractivity contribution < 1.29 is 0 Å². The van der Waals surface area contributed by atoms with E-state index in [4.69, 9.17) is 18.0 Å². The molecule has 2 nitrogen and oxygen atoms in total. The first kappa shape index (κ1) is 7.79. The maximum atomic E-state index is 5.29. The molecule has 58 valence electrons. The van der Waals surface area contributed by atoms with Gasteiger partial charge in [-0.1, -0.05) is 12.8 Å². The number of thiocarbonyl (C=S) groups is 1. The summed E-state index contributed by atoms with van der Waals surface area (Å²) in [6, 6.07) is 0. The number of rotatable bonds is 2. The molecule has 0 radical (unpaired) electrons. The summed E-state index contributed by atoms with van der Waals surface area (Å²) in [6.07, 6.45) is 5.44. The molecule has 0 aromatic rings.